The quantitative estimate of drug-likeness (QED) is 0.301. The van der Waals surface area contributed by atoms with Crippen LogP contribution in [0.2, 0.25) is 5.02 Å². The van der Waals surface area contributed by atoms with Gasteiger partial charge in [-0.15, -0.1) is 0 Å². The van der Waals surface area contributed by atoms with Gasteiger partial charge in [-0.2, -0.15) is 0 Å². The summed E-state index contributed by atoms with van der Waals surface area (Å²) in [5, 5.41) is 4.78. The van der Waals surface area contributed by atoms with Crippen LogP contribution in [0.3, 0.4) is 0 Å². The van der Waals surface area contributed by atoms with E-state index >= 15 is 0 Å². The molecular weight excluding hydrogens is 526 g/mol. The first-order valence-corrected chi connectivity index (χ1v) is 14.1. The zero-order valence-corrected chi connectivity index (χ0v) is 23.0. The molecule has 0 saturated carbocycles. The highest BCUT2D eigenvalue weighted by atomic mass is 35.5. The van der Waals surface area contributed by atoms with Crippen LogP contribution in [0, 0.1) is 0 Å². The highest BCUT2D eigenvalue weighted by Gasteiger charge is 2.28. The summed E-state index contributed by atoms with van der Waals surface area (Å²) < 4.78 is 11.4. The number of nitrogens with zero attached hydrogens (tertiary/aromatic N) is 4. The smallest absolute Gasteiger partial charge is 0.253 e. The molecule has 0 aliphatic carbocycles. The van der Waals surface area contributed by atoms with E-state index in [9.17, 15) is 4.79 Å². The normalized spacial score (nSPS) is 16.4. The number of pyridine rings is 1. The van der Waals surface area contributed by atoms with Gasteiger partial charge < -0.3 is 24.8 Å². The maximum absolute atomic E-state index is 13.1. The number of aromatic nitrogens is 2. The van der Waals surface area contributed by atoms with Crippen molar-refractivity contribution in [3.8, 4) is 28.1 Å². The number of benzene rings is 2. The SMILES string of the molecule is Nc1ncc(-c2ccc(C(=O)N3CCC(N4CCCC4)CC3)cc2)cc1OCc1cc(-c2ccc(Cl)cc2)no1. The molecule has 2 aromatic carbocycles. The lowest BCUT2D eigenvalue weighted by Crippen LogP contribution is -2.45. The van der Waals surface area contributed by atoms with Crippen LogP contribution in [-0.4, -0.2) is 58.1 Å². The Morgan fingerprint density at radius 3 is 2.38 bits per heavy atom. The number of halogens is 1. The largest absolute Gasteiger partial charge is 0.482 e. The van der Waals surface area contributed by atoms with Gasteiger partial charge in [0.2, 0.25) is 0 Å². The van der Waals surface area contributed by atoms with Crippen molar-refractivity contribution in [1.82, 2.24) is 19.9 Å². The van der Waals surface area contributed by atoms with E-state index in [-0.39, 0.29) is 18.3 Å². The third-order valence-electron chi connectivity index (χ3n) is 7.82. The minimum Gasteiger partial charge on any atom is -0.482 e. The number of amides is 1. The Hall–Kier alpha value is -3.88. The van der Waals surface area contributed by atoms with Gasteiger partial charge in [-0.25, -0.2) is 4.98 Å². The van der Waals surface area contributed by atoms with E-state index < -0.39 is 0 Å². The molecule has 2 aliphatic rings. The van der Waals surface area contributed by atoms with Crippen molar-refractivity contribution in [2.24, 2.45) is 0 Å². The Morgan fingerprint density at radius 2 is 1.65 bits per heavy atom. The highest BCUT2D eigenvalue weighted by Crippen LogP contribution is 2.29. The summed E-state index contributed by atoms with van der Waals surface area (Å²) in [5.74, 6) is 1.38. The van der Waals surface area contributed by atoms with E-state index in [0.29, 0.717) is 33.8 Å². The van der Waals surface area contributed by atoms with Crippen LogP contribution in [0.15, 0.2) is 71.4 Å². The predicted octanol–water partition coefficient (Wildman–Crippen LogP) is 5.92. The van der Waals surface area contributed by atoms with Gasteiger partial charge in [-0.1, -0.05) is 41.0 Å². The molecule has 2 aromatic heterocycles. The second-order valence-corrected chi connectivity index (χ2v) is 10.9. The number of rotatable bonds is 7. The van der Waals surface area contributed by atoms with Gasteiger partial charge in [0.15, 0.2) is 17.3 Å². The minimum absolute atomic E-state index is 0.0934. The fraction of sp³-hybridized carbons (Fsp3) is 0.323. The molecule has 0 bridgehead atoms. The predicted molar refractivity (Wildman–Crippen MR) is 155 cm³/mol. The first kappa shape index (κ1) is 26.3. The average molecular weight is 558 g/mol. The molecule has 0 atom stereocenters. The van der Waals surface area contributed by atoms with Crippen molar-refractivity contribution in [2.75, 3.05) is 31.9 Å². The Kier molecular flexibility index (Phi) is 7.71. The molecule has 1 amide bonds. The molecule has 2 fully saturated rings. The summed E-state index contributed by atoms with van der Waals surface area (Å²) in [5.41, 5.74) is 10.1. The van der Waals surface area contributed by atoms with Crippen LogP contribution >= 0.6 is 11.6 Å². The molecule has 2 aliphatic heterocycles. The molecule has 8 nitrogen and oxygen atoms in total. The number of ether oxygens (including phenoxy) is 1. The second kappa shape index (κ2) is 11.7. The Balaban J connectivity index is 1.08. The molecule has 2 N–H and O–H groups in total. The van der Waals surface area contributed by atoms with Crippen molar-refractivity contribution in [3.63, 3.8) is 0 Å². The molecule has 206 valence electrons. The van der Waals surface area contributed by atoms with Crippen LogP contribution in [0.1, 0.15) is 41.8 Å². The fourth-order valence-corrected chi connectivity index (χ4v) is 5.67. The summed E-state index contributed by atoms with van der Waals surface area (Å²) in [6, 6.07) is 19.3. The fourth-order valence-electron chi connectivity index (χ4n) is 5.54. The molecular formula is C31H32ClN5O3. The maximum Gasteiger partial charge on any atom is 0.253 e. The molecule has 0 radical (unpaired) electrons. The van der Waals surface area contributed by atoms with Crippen molar-refractivity contribution >= 4 is 23.3 Å². The number of hydrogen-bond acceptors (Lipinski definition) is 7. The molecule has 0 unspecified atom stereocenters. The third kappa shape index (κ3) is 5.83. The molecule has 9 heteroatoms. The van der Waals surface area contributed by atoms with Crippen molar-refractivity contribution in [2.45, 2.75) is 38.3 Å². The van der Waals surface area contributed by atoms with E-state index in [0.717, 1.165) is 42.6 Å². The first-order valence-electron chi connectivity index (χ1n) is 13.8. The Bertz CT molecular complexity index is 1460. The van der Waals surface area contributed by atoms with Crippen LogP contribution in [0.25, 0.3) is 22.4 Å². The van der Waals surface area contributed by atoms with Gasteiger partial charge in [0, 0.05) is 53.1 Å². The number of nitrogen functional groups attached to an aromatic ring is 1. The summed E-state index contributed by atoms with van der Waals surface area (Å²) in [6.07, 6.45) is 6.42. The zero-order valence-electron chi connectivity index (χ0n) is 22.3. The van der Waals surface area contributed by atoms with Crippen molar-refractivity contribution in [1.29, 1.82) is 0 Å². The molecule has 2 saturated heterocycles. The lowest BCUT2D eigenvalue weighted by molar-refractivity contribution is 0.0644. The molecule has 40 heavy (non-hydrogen) atoms. The van der Waals surface area contributed by atoms with E-state index in [1.165, 1.54) is 25.9 Å². The number of hydrogen-bond donors (Lipinski definition) is 1. The number of anilines is 1. The van der Waals surface area contributed by atoms with Gasteiger partial charge in [-0.05, 0) is 74.7 Å². The maximum atomic E-state index is 13.1. The van der Waals surface area contributed by atoms with Gasteiger partial charge in [0.25, 0.3) is 5.91 Å². The molecule has 0 spiro atoms. The summed E-state index contributed by atoms with van der Waals surface area (Å²) in [4.78, 5) is 22.0. The number of carbonyl (C=O) groups excluding carboxylic acids is 1. The lowest BCUT2D eigenvalue weighted by atomic mass is 10.0. The Morgan fingerprint density at radius 1 is 0.950 bits per heavy atom. The lowest BCUT2D eigenvalue weighted by Gasteiger charge is -2.36. The van der Waals surface area contributed by atoms with E-state index in [1.807, 2.05) is 53.4 Å². The van der Waals surface area contributed by atoms with Gasteiger partial charge in [0.1, 0.15) is 12.3 Å². The van der Waals surface area contributed by atoms with Crippen molar-refractivity contribution < 1.29 is 14.1 Å². The number of likely N-dealkylation sites (tertiary alicyclic amines) is 2. The van der Waals surface area contributed by atoms with Crippen molar-refractivity contribution in [3.05, 3.63) is 83.2 Å². The van der Waals surface area contributed by atoms with E-state index in [2.05, 4.69) is 15.0 Å². The average Bonchev–Trinajstić information content (AvgIpc) is 3.70. The third-order valence-corrected chi connectivity index (χ3v) is 8.08. The summed E-state index contributed by atoms with van der Waals surface area (Å²) in [6.45, 7) is 4.20. The van der Waals surface area contributed by atoms with E-state index in [1.54, 1.807) is 18.3 Å². The molecule has 6 rings (SSSR count). The summed E-state index contributed by atoms with van der Waals surface area (Å²) in [7, 11) is 0. The van der Waals surface area contributed by atoms with Crippen LogP contribution in [0.4, 0.5) is 5.82 Å². The standard InChI is InChI=1S/C31H32ClN5O3/c32-25-9-7-22(8-10-25)28-18-27(40-35-28)20-39-29-17-24(19-34-30(29)33)21-3-5-23(6-4-21)31(38)37-15-11-26(12-16-37)36-13-1-2-14-36/h3-10,17-19,26H,1-2,11-16,20H2,(H2,33,34). The van der Waals surface area contributed by atoms with Crippen LogP contribution in [-0.2, 0) is 6.61 Å². The number of piperidine rings is 1. The number of carbonyl (C=O) groups is 1. The van der Waals surface area contributed by atoms with Crippen LogP contribution in [0.5, 0.6) is 5.75 Å². The highest BCUT2D eigenvalue weighted by molar-refractivity contribution is 6.30. The summed E-state index contributed by atoms with van der Waals surface area (Å²) >= 11 is 5.97. The van der Waals surface area contributed by atoms with E-state index in [4.69, 9.17) is 26.6 Å². The molecule has 4 heterocycles. The first-order chi connectivity index (χ1) is 19.5. The van der Waals surface area contributed by atoms with Gasteiger partial charge in [0.05, 0.1) is 0 Å². The monoisotopic (exact) mass is 557 g/mol. The van der Waals surface area contributed by atoms with Gasteiger partial charge >= 0.3 is 0 Å². The minimum atomic E-state index is 0.0934. The second-order valence-electron chi connectivity index (χ2n) is 10.4. The molecule has 4 aromatic rings. The number of nitrogens with two attached hydrogens (primary N) is 1. The van der Waals surface area contributed by atoms with Crippen LogP contribution < -0.4 is 10.5 Å². The van der Waals surface area contributed by atoms with Gasteiger partial charge in [-0.3, -0.25) is 4.79 Å². The Labute approximate surface area is 238 Å². The zero-order chi connectivity index (χ0) is 27.5. The topological polar surface area (TPSA) is 97.7 Å².